The van der Waals surface area contributed by atoms with E-state index in [4.69, 9.17) is 5.84 Å². The van der Waals surface area contributed by atoms with Gasteiger partial charge in [0, 0.05) is 12.0 Å². The Kier molecular flexibility index (Phi) is 3.93. The maximum Gasteiger partial charge on any atom is 0.295 e. The highest BCUT2D eigenvalue weighted by atomic mass is 19.1. The third kappa shape index (κ3) is 3.36. The van der Waals surface area contributed by atoms with Crippen LogP contribution in [0.5, 0.6) is 0 Å². The molecule has 0 saturated heterocycles. The number of benzene rings is 1. The van der Waals surface area contributed by atoms with E-state index < -0.39 is 5.41 Å². The molecule has 3 N–H and O–H groups in total. The van der Waals surface area contributed by atoms with Crippen LogP contribution in [0.3, 0.4) is 0 Å². The van der Waals surface area contributed by atoms with Crippen LogP contribution in [0.4, 0.5) is 10.3 Å². The fourth-order valence-electron chi connectivity index (χ4n) is 1.77. The van der Waals surface area contributed by atoms with Gasteiger partial charge in [0.2, 0.25) is 5.95 Å². The first-order valence-corrected chi connectivity index (χ1v) is 6.52. The van der Waals surface area contributed by atoms with Crippen LogP contribution in [-0.2, 0) is 12.0 Å². The van der Waals surface area contributed by atoms with Crippen LogP contribution < -0.4 is 16.7 Å². The normalized spacial score (nSPS) is 11.4. The first-order valence-electron chi connectivity index (χ1n) is 6.52. The third-order valence-corrected chi connectivity index (χ3v) is 2.97. The molecule has 21 heavy (non-hydrogen) atoms. The van der Waals surface area contributed by atoms with Crippen LogP contribution in [0.15, 0.2) is 29.1 Å². The lowest BCUT2D eigenvalue weighted by atomic mass is 9.93. The molecule has 2 rings (SSSR count). The van der Waals surface area contributed by atoms with Crippen molar-refractivity contribution in [1.29, 1.82) is 0 Å². The second-order valence-corrected chi connectivity index (χ2v) is 5.78. The number of halogens is 1. The molecule has 1 aromatic heterocycles. The van der Waals surface area contributed by atoms with Gasteiger partial charge in [0.1, 0.15) is 11.5 Å². The number of nitrogens with two attached hydrogens (primary N) is 1. The van der Waals surface area contributed by atoms with Gasteiger partial charge in [-0.25, -0.2) is 4.39 Å². The Bertz CT molecular complexity index is 688. The molecule has 0 radical (unpaired) electrons. The zero-order valence-electron chi connectivity index (χ0n) is 12.2. The summed E-state index contributed by atoms with van der Waals surface area (Å²) >= 11 is 0. The minimum atomic E-state index is -0.430. The van der Waals surface area contributed by atoms with E-state index in [1.165, 1.54) is 12.1 Å². The lowest BCUT2D eigenvalue weighted by Gasteiger charge is -2.17. The molecule has 1 heterocycles. The Balaban J connectivity index is 2.20. The molecule has 0 aliphatic heterocycles. The minimum Gasteiger partial charge on any atom is -0.349 e. The lowest BCUT2D eigenvalue weighted by Crippen LogP contribution is -2.38. The van der Waals surface area contributed by atoms with Crippen molar-refractivity contribution in [1.82, 2.24) is 14.9 Å². The second-order valence-electron chi connectivity index (χ2n) is 5.78. The molecule has 2 aromatic rings. The first-order chi connectivity index (χ1) is 9.79. The van der Waals surface area contributed by atoms with E-state index >= 15 is 0 Å². The van der Waals surface area contributed by atoms with E-state index in [9.17, 15) is 9.18 Å². The van der Waals surface area contributed by atoms with E-state index in [0.717, 1.165) is 10.2 Å². The number of anilines is 1. The molecule has 112 valence electrons. The topological polar surface area (TPSA) is 85.8 Å². The average molecular weight is 291 g/mol. The summed E-state index contributed by atoms with van der Waals surface area (Å²) in [5.41, 5.74) is 0.322. The summed E-state index contributed by atoms with van der Waals surface area (Å²) in [6, 6.07) is 6.00. The van der Waals surface area contributed by atoms with E-state index in [2.05, 4.69) is 15.5 Å². The second kappa shape index (κ2) is 5.51. The molecule has 7 heteroatoms. The Morgan fingerprint density at radius 3 is 2.43 bits per heavy atom. The molecule has 0 fully saturated rings. The van der Waals surface area contributed by atoms with Crippen molar-refractivity contribution in [3.63, 3.8) is 0 Å². The monoisotopic (exact) mass is 291 g/mol. The largest absolute Gasteiger partial charge is 0.349 e. The Morgan fingerprint density at radius 1 is 1.24 bits per heavy atom. The summed E-state index contributed by atoms with van der Waals surface area (Å²) in [6.45, 7) is 5.96. The summed E-state index contributed by atoms with van der Waals surface area (Å²) in [6.07, 6.45) is 0. The fourth-order valence-corrected chi connectivity index (χ4v) is 1.77. The molecule has 6 nitrogen and oxygen atoms in total. The van der Waals surface area contributed by atoms with Crippen LogP contribution in [0.1, 0.15) is 32.0 Å². The van der Waals surface area contributed by atoms with Gasteiger partial charge in [-0.2, -0.15) is 4.68 Å². The van der Waals surface area contributed by atoms with Gasteiger partial charge in [0.05, 0.1) is 0 Å². The number of nitrogens with zero attached hydrogens (tertiary/aromatic N) is 3. The molecule has 0 spiro atoms. The van der Waals surface area contributed by atoms with Crippen molar-refractivity contribution >= 4 is 5.95 Å². The average Bonchev–Trinajstić information content (AvgIpc) is 2.41. The summed E-state index contributed by atoms with van der Waals surface area (Å²) < 4.78 is 13.8. The molecule has 0 bridgehead atoms. The van der Waals surface area contributed by atoms with Gasteiger partial charge < -0.3 is 11.2 Å². The summed E-state index contributed by atoms with van der Waals surface area (Å²) in [5.74, 6) is 5.61. The van der Waals surface area contributed by atoms with Crippen LogP contribution in [0.2, 0.25) is 0 Å². The summed E-state index contributed by atoms with van der Waals surface area (Å²) in [4.78, 5) is 12.1. The van der Waals surface area contributed by atoms with Crippen molar-refractivity contribution in [3.05, 3.63) is 51.7 Å². The van der Waals surface area contributed by atoms with E-state index in [-0.39, 0.29) is 17.3 Å². The SMILES string of the molecule is CC(C)(C)c1nnc(NCc2ccc(F)cc2)n(N)c1=O. The molecule has 1 aromatic carbocycles. The molecular formula is C14H18FN5O. The molecule has 0 unspecified atom stereocenters. The zero-order valence-corrected chi connectivity index (χ0v) is 12.2. The molecule has 0 aliphatic carbocycles. The molecule has 0 saturated carbocycles. The number of nitrogens with one attached hydrogen (secondary N) is 1. The van der Waals surface area contributed by atoms with Crippen LogP contribution in [0, 0.1) is 5.82 Å². The van der Waals surface area contributed by atoms with Gasteiger partial charge in [-0.3, -0.25) is 4.79 Å². The van der Waals surface area contributed by atoms with Crippen molar-refractivity contribution in [2.45, 2.75) is 32.7 Å². The van der Waals surface area contributed by atoms with E-state index in [0.29, 0.717) is 12.2 Å². The maximum atomic E-state index is 12.8. The Hall–Kier alpha value is -2.44. The predicted molar refractivity (Wildman–Crippen MR) is 78.9 cm³/mol. The van der Waals surface area contributed by atoms with Gasteiger partial charge in [-0.05, 0) is 17.7 Å². The van der Waals surface area contributed by atoms with Crippen LogP contribution in [0.25, 0.3) is 0 Å². The highest BCUT2D eigenvalue weighted by Gasteiger charge is 2.22. The number of rotatable bonds is 3. The van der Waals surface area contributed by atoms with Gasteiger partial charge in [-0.1, -0.05) is 32.9 Å². The summed E-state index contributed by atoms with van der Waals surface area (Å²) in [5, 5.41) is 10.8. The molecular weight excluding hydrogens is 273 g/mol. The zero-order chi connectivity index (χ0) is 15.6. The van der Waals surface area contributed by atoms with E-state index in [1.807, 2.05) is 20.8 Å². The maximum absolute atomic E-state index is 12.8. The van der Waals surface area contributed by atoms with Gasteiger partial charge in [0.15, 0.2) is 0 Å². The first kappa shape index (κ1) is 15.0. The Labute approximate surface area is 121 Å². The predicted octanol–water partition coefficient (Wildman–Crippen LogP) is 1.40. The summed E-state index contributed by atoms with van der Waals surface area (Å²) in [7, 11) is 0. The number of aromatic nitrogens is 3. The van der Waals surface area contributed by atoms with Crippen molar-refractivity contribution < 1.29 is 4.39 Å². The Morgan fingerprint density at radius 2 is 1.86 bits per heavy atom. The highest BCUT2D eigenvalue weighted by Crippen LogP contribution is 2.15. The van der Waals surface area contributed by atoms with Crippen molar-refractivity contribution in [2.24, 2.45) is 0 Å². The van der Waals surface area contributed by atoms with Gasteiger partial charge >= 0.3 is 0 Å². The third-order valence-electron chi connectivity index (χ3n) is 2.97. The lowest BCUT2D eigenvalue weighted by molar-refractivity contribution is 0.538. The quantitative estimate of drug-likeness (QED) is 0.835. The number of nitrogen functional groups attached to an aromatic ring is 1. The van der Waals surface area contributed by atoms with Gasteiger partial charge in [0.25, 0.3) is 5.56 Å². The van der Waals surface area contributed by atoms with Crippen molar-refractivity contribution in [2.75, 3.05) is 11.2 Å². The van der Waals surface area contributed by atoms with Gasteiger partial charge in [-0.15, -0.1) is 10.2 Å². The smallest absolute Gasteiger partial charge is 0.295 e. The van der Waals surface area contributed by atoms with Crippen molar-refractivity contribution in [3.8, 4) is 0 Å². The minimum absolute atomic E-state index is 0.164. The molecule has 0 aliphatic rings. The number of hydrogen-bond donors (Lipinski definition) is 2. The molecule has 0 amide bonds. The molecule has 0 atom stereocenters. The number of hydrogen-bond acceptors (Lipinski definition) is 5. The highest BCUT2D eigenvalue weighted by molar-refractivity contribution is 5.29. The van der Waals surface area contributed by atoms with E-state index in [1.54, 1.807) is 12.1 Å². The van der Waals surface area contributed by atoms with Crippen LogP contribution >= 0.6 is 0 Å². The van der Waals surface area contributed by atoms with Crippen LogP contribution in [-0.4, -0.2) is 14.9 Å². The fraction of sp³-hybridized carbons (Fsp3) is 0.357. The standard InChI is InChI=1S/C14H18FN5O/c1-14(2,3)11-12(21)20(16)13(19-18-11)17-8-9-4-6-10(15)7-5-9/h4-7H,8,16H2,1-3H3,(H,17,19).